The Balaban J connectivity index is 4.21. The van der Waals surface area contributed by atoms with Gasteiger partial charge in [-0.2, -0.15) is 0 Å². The van der Waals surface area contributed by atoms with Crippen LogP contribution in [0, 0.1) is 0 Å². The molecule has 0 aromatic rings. The minimum atomic E-state index is 0.910. The molecular formula is C9H13N. The van der Waals surface area contributed by atoms with E-state index >= 15 is 0 Å². The number of hydrogen-bond acceptors (Lipinski definition) is 1. The Morgan fingerprint density at radius 3 is 2.50 bits per heavy atom. The van der Waals surface area contributed by atoms with Gasteiger partial charge in [0, 0.05) is 11.9 Å². The van der Waals surface area contributed by atoms with Crippen LogP contribution in [0.15, 0.2) is 42.1 Å². The van der Waals surface area contributed by atoms with Gasteiger partial charge in [0.15, 0.2) is 0 Å². The van der Waals surface area contributed by atoms with Crippen molar-refractivity contribution in [2.24, 2.45) is 4.99 Å². The molecule has 0 radical (unpaired) electrons. The lowest BCUT2D eigenvalue weighted by Crippen LogP contribution is -1.90. The van der Waals surface area contributed by atoms with E-state index in [1.807, 2.05) is 26.0 Å². The Hall–Kier alpha value is -1.11. The van der Waals surface area contributed by atoms with Crippen LogP contribution in [0.4, 0.5) is 0 Å². The number of allylic oxidation sites excluding steroid dienone is 3. The van der Waals surface area contributed by atoms with E-state index in [2.05, 4.69) is 18.2 Å². The number of aliphatic imine (C=N–C) groups is 1. The first kappa shape index (κ1) is 8.89. The number of rotatable bonds is 3. The molecule has 0 bridgehead atoms. The predicted molar refractivity (Wildman–Crippen MR) is 47.3 cm³/mol. The summed E-state index contributed by atoms with van der Waals surface area (Å²) in [7, 11) is 0. The van der Waals surface area contributed by atoms with Gasteiger partial charge in [0.2, 0.25) is 0 Å². The van der Waals surface area contributed by atoms with Crippen molar-refractivity contribution in [1.82, 2.24) is 0 Å². The van der Waals surface area contributed by atoms with Gasteiger partial charge in [-0.15, -0.1) is 0 Å². The Kier molecular flexibility index (Phi) is 4.21. The molecule has 0 aliphatic heterocycles. The average Bonchev–Trinajstić information content (AvgIpc) is 1.89. The SMILES string of the molecule is C=C/N=C(\C)C(=C)/C=C\C. The van der Waals surface area contributed by atoms with Crippen LogP contribution in [-0.4, -0.2) is 5.71 Å². The molecule has 0 amide bonds. The first-order valence-electron chi connectivity index (χ1n) is 3.19. The number of hydrogen-bond donors (Lipinski definition) is 0. The van der Waals surface area contributed by atoms with Crippen LogP contribution in [0.1, 0.15) is 13.8 Å². The zero-order chi connectivity index (χ0) is 7.98. The third-order valence-electron chi connectivity index (χ3n) is 1.12. The molecule has 0 N–H and O–H groups in total. The fourth-order valence-corrected chi connectivity index (χ4v) is 0.542. The molecule has 0 heterocycles. The van der Waals surface area contributed by atoms with Crippen LogP contribution in [-0.2, 0) is 0 Å². The maximum Gasteiger partial charge on any atom is 0.0438 e. The Morgan fingerprint density at radius 2 is 2.10 bits per heavy atom. The molecule has 0 rings (SSSR count). The molecule has 1 heteroatoms. The smallest absolute Gasteiger partial charge is 0.0438 e. The van der Waals surface area contributed by atoms with Gasteiger partial charge in [-0.25, -0.2) is 0 Å². The molecule has 54 valence electrons. The van der Waals surface area contributed by atoms with E-state index in [0.717, 1.165) is 11.3 Å². The molecule has 0 fully saturated rings. The van der Waals surface area contributed by atoms with Crippen LogP contribution in [0.2, 0.25) is 0 Å². The summed E-state index contributed by atoms with van der Waals surface area (Å²) in [6.07, 6.45) is 5.37. The third-order valence-corrected chi connectivity index (χ3v) is 1.12. The van der Waals surface area contributed by atoms with Gasteiger partial charge in [0.1, 0.15) is 0 Å². The van der Waals surface area contributed by atoms with Gasteiger partial charge in [-0.3, -0.25) is 4.99 Å². The highest BCUT2D eigenvalue weighted by Gasteiger charge is 1.89. The average molecular weight is 135 g/mol. The lowest BCUT2D eigenvalue weighted by molar-refractivity contribution is 1.52. The van der Waals surface area contributed by atoms with E-state index in [4.69, 9.17) is 0 Å². The highest BCUT2D eigenvalue weighted by molar-refractivity contribution is 6.00. The second kappa shape index (κ2) is 4.74. The summed E-state index contributed by atoms with van der Waals surface area (Å²) in [4.78, 5) is 3.97. The zero-order valence-electron chi connectivity index (χ0n) is 6.59. The number of nitrogens with zero attached hydrogens (tertiary/aromatic N) is 1. The molecule has 0 spiro atoms. The van der Waals surface area contributed by atoms with Gasteiger partial charge in [0.25, 0.3) is 0 Å². The molecule has 1 nitrogen and oxygen atoms in total. The molecule has 0 unspecified atom stereocenters. The fraction of sp³-hybridized carbons (Fsp3) is 0.222. The highest BCUT2D eigenvalue weighted by atomic mass is 14.7. The maximum atomic E-state index is 3.97. The molecular weight excluding hydrogens is 122 g/mol. The summed E-state index contributed by atoms with van der Waals surface area (Å²) in [6, 6.07) is 0. The van der Waals surface area contributed by atoms with E-state index in [0.29, 0.717) is 0 Å². The minimum absolute atomic E-state index is 0.910. The Labute approximate surface area is 62.5 Å². The quantitative estimate of drug-likeness (QED) is 0.417. The largest absolute Gasteiger partial charge is 0.262 e. The predicted octanol–water partition coefficient (Wildman–Crippen LogP) is 2.72. The normalized spacial score (nSPS) is 12.0. The standard InChI is InChI=1S/C9H13N/c1-5-7-8(3)9(4)10-6-2/h5-7H,2-3H2,1,4H3/b7-5-,10-9+. The zero-order valence-corrected chi connectivity index (χ0v) is 6.59. The summed E-state index contributed by atoms with van der Waals surface area (Å²) < 4.78 is 0. The van der Waals surface area contributed by atoms with Crippen molar-refractivity contribution in [1.29, 1.82) is 0 Å². The molecule has 0 aliphatic rings. The summed E-state index contributed by atoms with van der Waals surface area (Å²) >= 11 is 0. The minimum Gasteiger partial charge on any atom is -0.262 e. The van der Waals surface area contributed by atoms with Crippen molar-refractivity contribution in [2.75, 3.05) is 0 Å². The molecule has 0 atom stereocenters. The van der Waals surface area contributed by atoms with Crippen molar-refractivity contribution in [2.45, 2.75) is 13.8 Å². The Morgan fingerprint density at radius 1 is 1.50 bits per heavy atom. The summed E-state index contributed by atoms with van der Waals surface area (Å²) in [5.74, 6) is 0. The van der Waals surface area contributed by atoms with Crippen molar-refractivity contribution in [3.63, 3.8) is 0 Å². The summed E-state index contributed by atoms with van der Waals surface area (Å²) in [6.45, 7) is 11.1. The summed E-state index contributed by atoms with van der Waals surface area (Å²) in [5, 5.41) is 0. The third kappa shape index (κ3) is 3.02. The van der Waals surface area contributed by atoms with Crippen LogP contribution >= 0.6 is 0 Å². The lowest BCUT2D eigenvalue weighted by Gasteiger charge is -1.94. The maximum absolute atomic E-state index is 3.97. The van der Waals surface area contributed by atoms with Crippen molar-refractivity contribution < 1.29 is 0 Å². The van der Waals surface area contributed by atoms with Crippen LogP contribution in [0.25, 0.3) is 0 Å². The molecule has 0 saturated carbocycles. The van der Waals surface area contributed by atoms with Gasteiger partial charge in [-0.1, -0.05) is 25.3 Å². The van der Waals surface area contributed by atoms with Crippen LogP contribution in [0.3, 0.4) is 0 Å². The monoisotopic (exact) mass is 135 g/mol. The van der Waals surface area contributed by atoms with E-state index in [1.54, 1.807) is 0 Å². The first-order valence-corrected chi connectivity index (χ1v) is 3.19. The van der Waals surface area contributed by atoms with E-state index in [9.17, 15) is 0 Å². The van der Waals surface area contributed by atoms with Crippen molar-refractivity contribution >= 4 is 5.71 Å². The second-order valence-electron chi connectivity index (χ2n) is 1.92. The van der Waals surface area contributed by atoms with E-state index in [-0.39, 0.29) is 0 Å². The lowest BCUT2D eigenvalue weighted by atomic mass is 10.2. The van der Waals surface area contributed by atoms with Gasteiger partial charge in [0.05, 0.1) is 0 Å². The van der Waals surface area contributed by atoms with Gasteiger partial charge in [-0.05, 0) is 19.4 Å². The van der Waals surface area contributed by atoms with Crippen molar-refractivity contribution in [3.8, 4) is 0 Å². The van der Waals surface area contributed by atoms with E-state index < -0.39 is 0 Å². The van der Waals surface area contributed by atoms with Gasteiger partial charge < -0.3 is 0 Å². The first-order chi connectivity index (χ1) is 4.72. The second-order valence-corrected chi connectivity index (χ2v) is 1.92. The van der Waals surface area contributed by atoms with Crippen LogP contribution < -0.4 is 0 Å². The van der Waals surface area contributed by atoms with Crippen LogP contribution in [0.5, 0.6) is 0 Å². The van der Waals surface area contributed by atoms with Gasteiger partial charge >= 0.3 is 0 Å². The molecule has 10 heavy (non-hydrogen) atoms. The summed E-state index contributed by atoms with van der Waals surface area (Å²) in [5.41, 5.74) is 1.84. The fourth-order valence-electron chi connectivity index (χ4n) is 0.542. The van der Waals surface area contributed by atoms with E-state index in [1.165, 1.54) is 6.20 Å². The molecule has 0 saturated heterocycles. The molecule has 0 aromatic heterocycles. The molecule has 0 aromatic carbocycles. The van der Waals surface area contributed by atoms with Crippen molar-refractivity contribution in [3.05, 3.63) is 37.1 Å². The molecule has 0 aliphatic carbocycles. The Bertz CT molecular complexity index is 185. The topological polar surface area (TPSA) is 12.4 Å². The highest BCUT2D eigenvalue weighted by Crippen LogP contribution is 1.96.